The molecule has 2 nitrogen and oxygen atoms in total. The largest absolute Gasteiger partial charge is 0.311 e. The highest BCUT2D eigenvalue weighted by atomic mass is 16.1. The number of Topliss-reactive ketones (excluding diaryl/α,β-unsaturated/α-hetero) is 1. The van der Waals surface area contributed by atoms with E-state index in [0.29, 0.717) is 23.8 Å². The molecule has 1 aliphatic carbocycles. The lowest BCUT2D eigenvalue weighted by Gasteiger charge is -2.32. The van der Waals surface area contributed by atoms with E-state index in [0.717, 1.165) is 24.7 Å². The van der Waals surface area contributed by atoms with Crippen molar-refractivity contribution in [3.63, 3.8) is 0 Å². The van der Waals surface area contributed by atoms with Crippen LogP contribution in [0.2, 0.25) is 0 Å². The molecule has 1 heterocycles. The molecule has 1 N–H and O–H groups in total. The summed E-state index contributed by atoms with van der Waals surface area (Å²) in [7, 11) is 0. The van der Waals surface area contributed by atoms with Crippen LogP contribution in [0.5, 0.6) is 0 Å². The number of ketones is 1. The van der Waals surface area contributed by atoms with Crippen LogP contribution in [0.3, 0.4) is 0 Å². The average molecular weight is 195 g/mol. The normalized spacial score (nSPS) is 47.5. The highest BCUT2D eigenvalue weighted by Gasteiger charge is 2.42. The van der Waals surface area contributed by atoms with Crippen LogP contribution in [0.15, 0.2) is 0 Å². The van der Waals surface area contributed by atoms with Crippen LogP contribution in [-0.2, 0) is 4.79 Å². The van der Waals surface area contributed by atoms with E-state index in [1.807, 2.05) is 0 Å². The third-order valence-electron chi connectivity index (χ3n) is 4.42. The van der Waals surface area contributed by atoms with Crippen LogP contribution >= 0.6 is 0 Å². The maximum Gasteiger partial charge on any atom is 0.132 e. The molecule has 1 saturated heterocycles. The summed E-state index contributed by atoms with van der Waals surface area (Å²) in [6.07, 6.45) is 3.42. The molecule has 2 fully saturated rings. The minimum Gasteiger partial charge on any atom is -0.311 e. The minimum absolute atomic E-state index is 0.353. The van der Waals surface area contributed by atoms with Gasteiger partial charge >= 0.3 is 0 Å². The second-order valence-corrected chi connectivity index (χ2v) is 5.21. The van der Waals surface area contributed by atoms with Gasteiger partial charge in [-0.25, -0.2) is 0 Å². The lowest BCUT2D eigenvalue weighted by Crippen LogP contribution is -2.36. The Hall–Kier alpha value is -0.370. The van der Waals surface area contributed by atoms with Crippen LogP contribution in [0.1, 0.15) is 40.0 Å². The molecule has 14 heavy (non-hydrogen) atoms. The van der Waals surface area contributed by atoms with E-state index in [2.05, 4.69) is 19.2 Å². The van der Waals surface area contributed by atoms with Gasteiger partial charge in [0.1, 0.15) is 5.78 Å². The number of carbonyl (C=O) groups excluding carboxylic acids is 1. The maximum atomic E-state index is 11.4. The third kappa shape index (κ3) is 1.60. The molecule has 2 aliphatic rings. The Balaban J connectivity index is 2.04. The Labute approximate surface area is 86.5 Å². The van der Waals surface area contributed by atoms with Gasteiger partial charge in [0.05, 0.1) is 0 Å². The SMILES string of the molecule is CC(=O)C1CCC2NC(C)C(C)C2C1. The van der Waals surface area contributed by atoms with Gasteiger partial charge in [-0.05, 0) is 44.9 Å². The molecule has 0 aromatic carbocycles. The molecule has 1 saturated carbocycles. The van der Waals surface area contributed by atoms with E-state index in [-0.39, 0.29) is 0 Å². The van der Waals surface area contributed by atoms with Crippen molar-refractivity contribution in [2.75, 3.05) is 0 Å². The van der Waals surface area contributed by atoms with Crippen molar-refractivity contribution in [3.05, 3.63) is 0 Å². The minimum atomic E-state index is 0.353. The smallest absolute Gasteiger partial charge is 0.132 e. The summed E-state index contributed by atoms with van der Waals surface area (Å²) in [5, 5.41) is 3.65. The van der Waals surface area contributed by atoms with E-state index >= 15 is 0 Å². The first-order valence-corrected chi connectivity index (χ1v) is 5.86. The van der Waals surface area contributed by atoms with E-state index < -0.39 is 0 Å². The molecule has 1 aliphatic heterocycles. The second-order valence-electron chi connectivity index (χ2n) is 5.21. The van der Waals surface area contributed by atoms with E-state index in [1.54, 1.807) is 6.92 Å². The molecule has 5 unspecified atom stereocenters. The summed E-state index contributed by atoms with van der Waals surface area (Å²) in [5.74, 6) is 2.23. The third-order valence-corrected chi connectivity index (χ3v) is 4.42. The van der Waals surface area contributed by atoms with Gasteiger partial charge in [-0.15, -0.1) is 0 Å². The first kappa shape index (κ1) is 10.2. The van der Waals surface area contributed by atoms with E-state index in [9.17, 15) is 4.79 Å². The van der Waals surface area contributed by atoms with Gasteiger partial charge in [0.15, 0.2) is 0 Å². The van der Waals surface area contributed by atoms with Gasteiger partial charge in [-0.1, -0.05) is 6.92 Å². The van der Waals surface area contributed by atoms with Crippen LogP contribution in [0.4, 0.5) is 0 Å². The first-order valence-electron chi connectivity index (χ1n) is 5.86. The lowest BCUT2D eigenvalue weighted by molar-refractivity contribution is -0.122. The van der Waals surface area contributed by atoms with Crippen molar-refractivity contribution in [1.29, 1.82) is 0 Å². The summed E-state index contributed by atoms with van der Waals surface area (Å²) in [4.78, 5) is 11.4. The van der Waals surface area contributed by atoms with Crippen molar-refractivity contribution >= 4 is 5.78 Å². The number of fused-ring (bicyclic) bond motifs is 1. The molecule has 0 radical (unpaired) electrons. The van der Waals surface area contributed by atoms with Gasteiger partial charge in [0.2, 0.25) is 0 Å². The van der Waals surface area contributed by atoms with Crippen molar-refractivity contribution in [1.82, 2.24) is 5.32 Å². The second kappa shape index (κ2) is 3.65. The van der Waals surface area contributed by atoms with Crippen LogP contribution in [0.25, 0.3) is 0 Å². The molecule has 5 atom stereocenters. The molecule has 0 bridgehead atoms. The summed E-state index contributed by atoms with van der Waals surface area (Å²) in [6.45, 7) is 6.35. The standard InChI is InChI=1S/C12H21NO/c1-7-8(2)13-12-5-4-10(9(3)14)6-11(7)12/h7-8,10-13H,4-6H2,1-3H3. The Morgan fingerprint density at radius 1 is 1.29 bits per heavy atom. The Morgan fingerprint density at radius 2 is 2.00 bits per heavy atom. The Bertz CT molecular complexity index is 238. The molecule has 0 aromatic rings. The number of hydrogen-bond acceptors (Lipinski definition) is 2. The maximum absolute atomic E-state index is 11.4. The molecule has 2 rings (SSSR count). The molecule has 0 spiro atoms. The fourth-order valence-corrected chi connectivity index (χ4v) is 3.22. The van der Waals surface area contributed by atoms with Crippen LogP contribution < -0.4 is 5.32 Å². The molecule has 0 aromatic heterocycles. The highest BCUT2D eigenvalue weighted by molar-refractivity contribution is 5.78. The molecular formula is C12H21NO. The Morgan fingerprint density at radius 3 is 2.64 bits per heavy atom. The van der Waals surface area contributed by atoms with Crippen LogP contribution in [0, 0.1) is 17.8 Å². The zero-order valence-electron chi connectivity index (χ0n) is 9.42. The van der Waals surface area contributed by atoms with Crippen molar-refractivity contribution < 1.29 is 4.79 Å². The number of nitrogens with one attached hydrogen (secondary N) is 1. The predicted molar refractivity (Wildman–Crippen MR) is 57.1 cm³/mol. The number of rotatable bonds is 1. The zero-order valence-corrected chi connectivity index (χ0v) is 9.42. The number of carbonyl (C=O) groups is 1. The average Bonchev–Trinajstić information content (AvgIpc) is 2.43. The summed E-state index contributed by atoms with van der Waals surface area (Å²) in [6, 6.07) is 1.33. The molecule has 80 valence electrons. The topological polar surface area (TPSA) is 29.1 Å². The highest BCUT2D eigenvalue weighted by Crippen LogP contribution is 2.40. The summed E-state index contributed by atoms with van der Waals surface area (Å²) >= 11 is 0. The van der Waals surface area contributed by atoms with Gasteiger partial charge in [-0.3, -0.25) is 4.79 Å². The fraction of sp³-hybridized carbons (Fsp3) is 0.917. The monoisotopic (exact) mass is 195 g/mol. The fourth-order valence-electron chi connectivity index (χ4n) is 3.22. The Kier molecular flexibility index (Phi) is 2.65. The van der Waals surface area contributed by atoms with Gasteiger partial charge in [0.25, 0.3) is 0 Å². The first-order chi connectivity index (χ1) is 6.59. The lowest BCUT2D eigenvalue weighted by atomic mass is 9.73. The zero-order chi connectivity index (χ0) is 10.3. The van der Waals surface area contributed by atoms with Crippen molar-refractivity contribution in [3.8, 4) is 0 Å². The van der Waals surface area contributed by atoms with Gasteiger partial charge in [0, 0.05) is 18.0 Å². The van der Waals surface area contributed by atoms with Gasteiger partial charge in [-0.2, -0.15) is 0 Å². The van der Waals surface area contributed by atoms with E-state index in [4.69, 9.17) is 0 Å². The predicted octanol–water partition coefficient (Wildman–Crippen LogP) is 1.99. The van der Waals surface area contributed by atoms with E-state index in [1.165, 1.54) is 6.42 Å². The van der Waals surface area contributed by atoms with Crippen LogP contribution in [-0.4, -0.2) is 17.9 Å². The molecule has 0 amide bonds. The molecular weight excluding hydrogens is 174 g/mol. The number of hydrogen-bond donors (Lipinski definition) is 1. The summed E-state index contributed by atoms with van der Waals surface area (Å²) < 4.78 is 0. The quantitative estimate of drug-likeness (QED) is 0.693. The van der Waals surface area contributed by atoms with Crippen molar-refractivity contribution in [2.45, 2.75) is 52.1 Å². The van der Waals surface area contributed by atoms with Crippen molar-refractivity contribution in [2.24, 2.45) is 17.8 Å². The summed E-state index contributed by atoms with van der Waals surface area (Å²) in [5.41, 5.74) is 0. The molecule has 2 heteroatoms. The van der Waals surface area contributed by atoms with Gasteiger partial charge < -0.3 is 5.32 Å².